The predicted octanol–water partition coefficient (Wildman–Crippen LogP) is 2.15. The Bertz CT molecular complexity index is 739. The molecular weight excluding hydrogens is 278 g/mol. The van der Waals surface area contributed by atoms with Crippen LogP contribution in [0.4, 0.5) is 0 Å². The molecular formula is C14H13NO4S. The summed E-state index contributed by atoms with van der Waals surface area (Å²) in [4.78, 5) is 15.1. The lowest BCUT2D eigenvalue weighted by Gasteiger charge is -2.08. The predicted molar refractivity (Wildman–Crippen MR) is 72.2 cm³/mol. The number of carbonyl (C=O) groups is 1. The van der Waals surface area contributed by atoms with E-state index in [0.717, 1.165) is 0 Å². The van der Waals surface area contributed by atoms with Crippen molar-refractivity contribution in [2.75, 3.05) is 0 Å². The molecule has 0 unspecified atom stereocenters. The van der Waals surface area contributed by atoms with Crippen molar-refractivity contribution in [1.29, 1.82) is 0 Å². The van der Waals surface area contributed by atoms with Gasteiger partial charge in [0.05, 0.1) is 4.90 Å². The Morgan fingerprint density at radius 1 is 1.20 bits per heavy atom. The number of pyridine rings is 1. The zero-order valence-corrected chi connectivity index (χ0v) is 11.8. The molecule has 0 atom stereocenters. The van der Waals surface area contributed by atoms with Gasteiger partial charge in [-0.1, -0.05) is 18.2 Å². The Morgan fingerprint density at radius 2 is 1.85 bits per heavy atom. The van der Waals surface area contributed by atoms with Gasteiger partial charge in [0, 0.05) is 24.8 Å². The first-order chi connectivity index (χ1) is 9.41. The van der Waals surface area contributed by atoms with E-state index in [-0.39, 0.29) is 15.7 Å². The SMILES string of the molecule is CC(=O)Oc1cc(S(=O)(=O)c2ccccc2)ncc1C. The van der Waals surface area contributed by atoms with Gasteiger partial charge in [-0.25, -0.2) is 13.4 Å². The second-order valence-electron chi connectivity index (χ2n) is 4.20. The molecule has 0 fully saturated rings. The largest absolute Gasteiger partial charge is 0.426 e. The summed E-state index contributed by atoms with van der Waals surface area (Å²) < 4.78 is 29.7. The number of nitrogens with zero attached hydrogens (tertiary/aromatic N) is 1. The van der Waals surface area contributed by atoms with Crippen LogP contribution >= 0.6 is 0 Å². The normalized spacial score (nSPS) is 11.1. The van der Waals surface area contributed by atoms with Crippen molar-refractivity contribution < 1.29 is 17.9 Å². The Kier molecular flexibility index (Phi) is 3.85. The van der Waals surface area contributed by atoms with Gasteiger partial charge >= 0.3 is 5.97 Å². The molecule has 0 saturated heterocycles. The number of esters is 1. The molecule has 0 aliphatic rings. The summed E-state index contributed by atoms with van der Waals surface area (Å²) in [5, 5.41) is -0.148. The van der Waals surface area contributed by atoms with Gasteiger partial charge in [-0.2, -0.15) is 0 Å². The van der Waals surface area contributed by atoms with Crippen LogP contribution in [0.2, 0.25) is 0 Å². The number of carbonyl (C=O) groups excluding carboxylic acids is 1. The zero-order valence-electron chi connectivity index (χ0n) is 11.0. The molecule has 104 valence electrons. The summed E-state index contributed by atoms with van der Waals surface area (Å²) in [6.45, 7) is 2.94. The number of aryl methyl sites for hydroxylation is 1. The molecule has 0 saturated carbocycles. The van der Waals surface area contributed by atoms with Crippen LogP contribution in [-0.4, -0.2) is 19.4 Å². The van der Waals surface area contributed by atoms with E-state index in [2.05, 4.69) is 4.98 Å². The van der Waals surface area contributed by atoms with Crippen molar-refractivity contribution >= 4 is 15.8 Å². The fourth-order valence-electron chi connectivity index (χ4n) is 1.62. The van der Waals surface area contributed by atoms with Crippen molar-refractivity contribution in [2.45, 2.75) is 23.8 Å². The van der Waals surface area contributed by atoms with E-state index in [4.69, 9.17) is 4.74 Å². The van der Waals surface area contributed by atoms with Crippen LogP contribution in [0.5, 0.6) is 5.75 Å². The van der Waals surface area contributed by atoms with Gasteiger partial charge in [-0.05, 0) is 19.1 Å². The van der Waals surface area contributed by atoms with E-state index in [1.807, 2.05) is 0 Å². The van der Waals surface area contributed by atoms with Crippen molar-refractivity contribution in [2.24, 2.45) is 0 Å². The standard InChI is InChI=1S/C14H13NO4S/c1-10-9-15-14(8-13(10)19-11(2)16)20(17,18)12-6-4-3-5-7-12/h3-9H,1-2H3. The average molecular weight is 291 g/mol. The fourth-order valence-corrected chi connectivity index (χ4v) is 2.83. The summed E-state index contributed by atoms with van der Waals surface area (Å²) >= 11 is 0. The molecule has 5 nitrogen and oxygen atoms in total. The molecule has 2 rings (SSSR count). The summed E-state index contributed by atoms with van der Waals surface area (Å²) in [6.07, 6.45) is 1.37. The third kappa shape index (κ3) is 2.85. The number of ether oxygens (including phenoxy) is 1. The van der Waals surface area contributed by atoms with Gasteiger partial charge in [-0.3, -0.25) is 4.79 Å². The lowest BCUT2D eigenvalue weighted by atomic mass is 10.3. The minimum atomic E-state index is -3.72. The Hall–Kier alpha value is -2.21. The molecule has 0 radical (unpaired) electrons. The quantitative estimate of drug-likeness (QED) is 0.810. The van der Waals surface area contributed by atoms with Crippen molar-refractivity contribution in [3.8, 4) is 5.75 Å². The van der Waals surface area contributed by atoms with Crippen LogP contribution in [0.25, 0.3) is 0 Å². The van der Waals surface area contributed by atoms with Gasteiger partial charge < -0.3 is 4.74 Å². The van der Waals surface area contributed by atoms with Crippen LogP contribution in [0, 0.1) is 6.92 Å². The summed E-state index contributed by atoms with van der Waals surface area (Å²) in [5.41, 5.74) is 0.590. The van der Waals surface area contributed by atoms with E-state index in [1.165, 1.54) is 31.3 Å². The third-order valence-corrected chi connectivity index (χ3v) is 4.28. The molecule has 1 heterocycles. The maximum absolute atomic E-state index is 12.4. The summed E-state index contributed by atoms with van der Waals surface area (Å²) in [5.74, 6) is -0.315. The van der Waals surface area contributed by atoms with Crippen LogP contribution in [-0.2, 0) is 14.6 Å². The first-order valence-electron chi connectivity index (χ1n) is 5.86. The third-order valence-electron chi connectivity index (χ3n) is 2.61. The van der Waals surface area contributed by atoms with E-state index in [9.17, 15) is 13.2 Å². The van der Waals surface area contributed by atoms with Crippen LogP contribution in [0.15, 0.2) is 52.5 Å². The highest BCUT2D eigenvalue weighted by Gasteiger charge is 2.20. The van der Waals surface area contributed by atoms with E-state index in [1.54, 1.807) is 25.1 Å². The smallest absolute Gasteiger partial charge is 0.308 e. The van der Waals surface area contributed by atoms with E-state index < -0.39 is 15.8 Å². The molecule has 1 aromatic heterocycles. The number of hydrogen-bond acceptors (Lipinski definition) is 5. The monoisotopic (exact) mass is 291 g/mol. The van der Waals surface area contributed by atoms with Crippen molar-refractivity contribution in [3.63, 3.8) is 0 Å². The molecule has 1 aromatic carbocycles. The molecule has 0 spiro atoms. The zero-order chi connectivity index (χ0) is 14.8. The molecule has 0 bridgehead atoms. The molecule has 0 aliphatic carbocycles. The maximum atomic E-state index is 12.4. The van der Waals surface area contributed by atoms with Gasteiger partial charge in [0.25, 0.3) is 0 Å². The fraction of sp³-hybridized carbons (Fsp3) is 0.143. The lowest BCUT2D eigenvalue weighted by Crippen LogP contribution is -2.08. The molecule has 6 heteroatoms. The maximum Gasteiger partial charge on any atom is 0.308 e. The van der Waals surface area contributed by atoms with Gasteiger partial charge in [-0.15, -0.1) is 0 Å². The highest BCUT2D eigenvalue weighted by molar-refractivity contribution is 7.91. The van der Waals surface area contributed by atoms with Gasteiger partial charge in [0.2, 0.25) is 9.84 Å². The highest BCUT2D eigenvalue weighted by atomic mass is 32.2. The molecule has 20 heavy (non-hydrogen) atoms. The summed E-state index contributed by atoms with van der Waals surface area (Å²) in [6, 6.07) is 9.23. The number of benzene rings is 1. The Morgan fingerprint density at radius 3 is 2.45 bits per heavy atom. The highest BCUT2D eigenvalue weighted by Crippen LogP contribution is 2.24. The number of rotatable bonds is 3. The average Bonchev–Trinajstić information content (AvgIpc) is 2.41. The first-order valence-corrected chi connectivity index (χ1v) is 7.35. The molecule has 0 N–H and O–H groups in total. The second kappa shape index (κ2) is 5.42. The van der Waals surface area contributed by atoms with Crippen LogP contribution in [0.3, 0.4) is 0 Å². The minimum absolute atomic E-state index is 0.144. The molecule has 0 amide bonds. The van der Waals surface area contributed by atoms with Crippen LogP contribution in [0.1, 0.15) is 12.5 Å². The van der Waals surface area contributed by atoms with Crippen LogP contribution < -0.4 is 4.74 Å². The van der Waals surface area contributed by atoms with Gasteiger partial charge in [0.15, 0.2) is 5.03 Å². The first kappa shape index (κ1) is 14.2. The van der Waals surface area contributed by atoms with Crippen molar-refractivity contribution in [3.05, 3.63) is 48.2 Å². The Balaban J connectivity index is 2.51. The number of sulfone groups is 1. The van der Waals surface area contributed by atoms with E-state index in [0.29, 0.717) is 5.56 Å². The van der Waals surface area contributed by atoms with E-state index >= 15 is 0 Å². The topological polar surface area (TPSA) is 73.3 Å². The van der Waals surface area contributed by atoms with Crippen molar-refractivity contribution in [1.82, 2.24) is 4.98 Å². The summed E-state index contributed by atoms with van der Waals surface area (Å²) in [7, 11) is -3.72. The second-order valence-corrected chi connectivity index (χ2v) is 6.09. The minimum Gasteiger partial charge on any atom is -0.426 e. The Labute approximate surface area is 117 Å². The van der Waals surface area contributed by atoms with Gasteiger partial charge in [0.1, 0.15) is 5.75 Å². The lowest BCUT2D eigenvalue weighted by molar-refractivity contribution is -0.131. The number of hydrogen-bond donors (Lipinski definition) is 0. The molecule has 2 aromatic rings. The molecule has 0 aliphatic heterocycles. The number of aromatic nitrogens is 1.